The normalized spacial score (nSPS) is 24.7. The summed E-state index contributed by atoms with van der Waals surface area (Å²) in [4.78, 5) is 49.3. The number of allylic oxidation sites excluding steroid dienone is 2. The van der Waals surface area contributed by atoms with Crippen LogP contribution in [0.15, 0.2) is 30.5 Å². The van der Waals surface area contributed by atoms with E-state index in [0.29, 0.717) is 50.5 Å². The molecular weight excluding hydrogens is 416 g/mol. The fraction of sp³-hybridized carbons (Fsp3) is 0.565. The van der Waals surface area contributed by atoms with Crippen molar-refractivity contribution in [3.05, 3.63) is 35.5 Å². The zero-order valence-corrected chi connectivity index (χ0v) is 18.8. The van der Waals surface area contributed by atoms with Crippen molar-refractivity contribution >= 4 is 35.1 Å². The summed E-state index contributed by atoms with van der Waals surface area (Å²) < 4.78 is 0. The number of carbonyl (C=O) groups is 3. The largest absolute Gasteiger partial charge is 0.353 e. The summed E-state index contributed by atoms with van der Waals surface area (Å²) in [5.41, 5.74) is 0. The Labute approximate surface area is 188 Å². The van der Waals surface area contributed by atoms with Crippen LogP contribution in [0.25, 0.3) is 0 Å². The van der Waals surface area contributed by atoms with Crippen LogP contribution in [-0.2, 0) is 14.4 Å². The number of pyridine rings is 1. The summed E-state index contributed by atoms with van der Waals surface area (Å²) in [5, 5.41) is 0.588. The summed E-state index contributed by atoms with van der Waals surface area (Å²) in [7, 11) is 0. The van der Waals surface area contributed by atoms with E-state index in [2.05, 4.69) is 9.88 Å². The van der Waals surface area contributed by atoms with Gasteiger partial charge in [-0.25, -0.2) is 4.98 Å². The van der Waals surface area contributed by atoms with Gasteiger partial charge >= 0.3 is 0 Å². The van der Waals surface area contributed by atoms with Gasteiger partial charge in [-0.15, -0.1) is 0 Å². The van der Waals surface area contributed by atoms with Crippen molar-refractivity contribution < 1.29 is 14.4 Å². The Morgan fingerprint density at radius 3 is 2.19 bits per heavy atom. The number of hydrogen-bond acceptors (Lipinski definition) is 5. The zero-order valence-electron chi connectivity index (χ0n) is 18.0. The van der Waals surface area contributed by atoms with Gasteiger partial charge in [-0.2, -0.15) is 0 Å². The SMILES string of the molecule is CC(C)CC(C(=O)N1CCN(c2ccc(Cl)cn2)CC1)N1C(=O)C2CC=CCC2C1=O. The number of piperazine rings is 1. The van der Waals surface area contributed by atoms with E-state index in [1.807, 2.05) is 32.1 Å². The summed E-state index contributed by atoms with van der Waals surface area (Å²) in [6.07, 6.45) is 7.22. The molecule has 166 valence electrons. The lowest BCUT2D eigenvalue weighted by Crippen LogP contribution is -2.56. The predicted molar refractivity (Wildman–Crippen MR) is 118 cm³/mol. The lowest BCUT2D eigenvalue weighted by molar-refractivity contribution is -0.152. The number of likely N-dealkylation sites (tertiary alicyclic amines) is 1. The summed E-state index contributed by atoms with van der Waals surface area (Å²) >= 11 is 5.93. The molecule has 0 aromatic carbocycles. The second kappa shape index (κ2) is 8.99. The molecule has 7 nitrogen and oxygen atoms in total. The minimum Gasteiger partial charge on any atom is -0.353 e. The molecule has 0 bridgehead atoms. The molecule has 2 saturated heterocycles. The number of amides is 3. The molecule has 1 aliphatic carbocycles. The van der Waals surface area contributed by atoms with Gasteiger partial charge in [-0.05, 0) is 37.3 Å². The number of halogens is 1. The Bertz CT molecular complexity index is 851. The van der Waals surface area contributed by atoms with E-state index in [0.717, 1.165) is 5.82 Å². The molecule has 3 heterocycles. The Morgan fingerprint density at radius 1 is 1.06 bits per heavy atom. The maximum absolute atomic E-state index is 13.5. The van der Waals surface area contributed by atoms with Crippen LogP contribution < -0.4 is 4.90 Å². The third kappa shape index (κ3) is 4.33. The fourth-order valence-electron chi connectivity index (χ4n) is 4.82. The van der Waals surface area contributed by atoms with Crippen molar-refractivity contribution in [3.8, 4) is 0 Å². The molecule has 2 aliphatic heterocycles. The van der Waals surface area contributed by atoms with Crippen molar-refractivity contribution in [1.82, 2.24) is 14.8 Å². The molecule has 3 amide bonds. The van der Waals surface area contributed by atoms with Gasteiger partial charge < -0.3 is 9.80 Å². The van der Waals surface area contributed by atoms with Gasteiger partial charge in [0.15, 0.2) is 0 Å². The standard InChI is InChI=1S/C23H29ClN4O3/c1-15(2)13-19(28-21(29)17-5-3-4-6-18(17)22(28)30)23(31)27-11-9-26(10-12-27)20-8-7-16(24)14-25-20/h3-4,7-8,14-15,17-19H,5-6,9-13H2,1-2H3. The molecule has 0 spiro atoms. The Balaban J connectivity index is 1.47. The first-order valence-corrected chi connectivity index (χ1v) is 11.4. The molecule has 0 radical (unpaired) electrons. The first-order chi connectivity index (χ1) is 14.9. The summed E-state index contributed by atoms with van der Waals surface area (Å²) in [5.74, 6) is -0.0810. The first kappa shape index (κ1) is 21.8. The Kier molecular flexibility index (Phi) is 6.32. The molecule has 1 aromatic rings. The number of hydrogen-bond donors (Lipinski definition) is 0. The number of rotatable bonds is 5. The van der Waals surface area contributed by atoms with E-state index in [9.17, 15) is 14.4 Å². The van der Waals surface area contributed by atoms with Gasteiger partial charge in [0.05, 0.1) is 16.9 Å². The lowest BCUT2D eigenvalue weighted by atomic mass is 9.85. The maximum Gasteiger partial charge on any atom is 0.246 e. The molecule has 3 aliphatic rings. The topological polar surface area (TPSA) is 73.8 Å². The van der Waals surface area contributed by atoms with Crippen molar-refractivity contribution in [2.45, 2.75) is 39.2 Å². The summed E-state index contributed by atoms with van der Waals surface area (Å²) in [6.45, 7) is 6.39. The highest BCUT2D eigenvalue weighted by molar-refractivity contribution is 6.30. The molecular formula is C23H29ClN4O3. The van der Waals surface area contributed by atoms with Gasteiger partial charge in [-0.3, -0.25) is 19.3 Å². The molecule has 3 unspecified atom stereocenters. The fourth-order valence-corrected chi connectivity index (χ4v) is 4.93. The highest BCUT2D eigenvalue weighted by atomic mass is 35.5. The van der Waals surface area contributed by atoms with Gasteiger partial charge in [0, 0.05) is 32.4 Å². The molecule has 8 heteroatoms. The molecule has 1 aromatic heterocycles. The van der Waals surface area contributed by atoms with E-state index in [4.69, 9.17) is 11.6 Å². The number of imide groups is 1. The third-order valence-electron chi connectivity index (χ3n) is 6.46. The van der Waals surface area contributed by atoms with Crippen LogP contribution in [0.4, 0.5) is 5.82 Å². The van der Waals surface area contributed by atoms with Gasteiger partial charge in [0.25, 0.3) is 0 Å². The first-order valence-electron chi connectivity index (χ1n) is 11.0. The number of nitrogens with zero attached hydrogens (tertiary/aromatic N) is 4. The lowest BCUT2D eigenvalue weighted by Gasteiger charge is -2.38. The van der Waals surface area contributed by atoms with Gasteiger partial charge in [-0.1, -0.05) is 37.6 Å². The average Bonchev–Trinajstić information content (AvgIpc) is 3.02. The average molecular weight is 445 g/mol. The van der Waals surface area contributed by atoms with Crippen LogP contribution >= 0.6 is 11.6 Å². The van der Waals surface area contributed by atoms with Gasteiger partial charge in [0.1, 0.15) is 11.9 Å². The van der Waals surface area contributed by atoms with Crippen LogP contribution in [0, 0.1) is 17.8 Å². The third-order valence-corrected chi connectivity index (χ3v) is 6.68. The van der Waals surface area contributed by atoms with E-state index < -0.39 is 6.04 Å². The van der Waals surface area contributed by atoms with Crippen molar-refractivity contribution in [3.63, 3.8) is 0 Å². The van der Waals surface area contributed by atoms with Crippen molar-refractivity contribution in [2.24, 2.45) is 17.8 Å². The highest BCUT2D eigenvalue weighted by Gasteiger charge is 2.51. The monoisotopic (exact) mass is 444 g/mol. The van der Waals surface area contributed by atoms with Crippen LogP contribution in [0.1, 0.15) is 33.1 Å². The number of anilines is 1. The Morgan fingerprint density at radius 2 is 1.68 bits per heavy atom. The van der Waals surface area contributed by atoms with Crippen molar-refractivity contribution in [1.29, 1.82) is 0 Å². The second-order valence-electron chi connectivity index (χ2n) is 8.99. The van der Waals surface area contributed by atoms with E-state index in [1.54, 1.807) is 17.2 Å². The minimum atomic E-state index is -0.717. The maximum atomic E-state index is 13.5. The smallest absolute Gasteiger partial charge is 0.246 e. The molecule has 2 fully saturated rings. The number of fused-ring (bicyclic) bond motifs is 1. The molecule has 4 rings (SSSR count). The Hall–Kier alpha value is -2.41. The van der Waals surface area contributed by atoms with Crippen molar-refractivity contribution in [2.75, 3.05) is 31.1 Å². The highest BCUT2D eigenvalue weighted by Crippen LogP contribution is 2.37. The molecule has 0 N–H and O–H groups in total. The number of aromatic nitrogens is 1. The second-order valence-corrected chi connectivity index (χ2v) is 9.43. The van der Waals surface area contributed by atoms with Crippen LogP contribution in [0.3, 0.4) is 0 Å². The van der Waals surface area contributed by atoms with E-state index in [-0.39, 0.29) is 35.5 Å². The zero-order chi connectivity index (χ0) is 22.1. The summed E-state index contributed by atoms with van der Waals surface area (Å²) in [6, 6.07) is 2.96. The van der Waals surface area contributed by atoms with E-state index >= 15 is 0 Å². The quantitative estimate of drug-likeness (QED) is 0.515. The molecule has 3 atom stereocenters. The van der Waals surface area contributed by atoms with Crippen LogP contribution in [0.5, 0.6) is 0 Å². The van der Waals surface area contributed by atoms with E-state index in [1.165, 1.54) is 4.90 Å². The molecule has 31 heavy (non-hydrogen) atoms. The van der Waals surface area contributed by atoms with Crippen LogP contribution in [0.2, 0.25) is 5.02 Å². The minimum absolute atomic E-state index is 0.120. The molecule has 0 saturated carbocycles. The number of carbonyl (C=O) groups excluding carboxylic acids is 3. The van der Waals surface area contributed by atoms with Crippen LogP contribution in [-0.4, -0.2) is 64.7 Å². The van der Waals surface area contributed by atoms with Gasteiger partial charge in [0.2, 0.25) is 17.7 Å². The predicted octanol–water partition coefficient (Wildman–Crippen LogP) is 2.75.